The normalized spacial score (nSPS) is 16.4. The quantitative estimate of drug-likeness (QED) is 0.300. The summed E-state index contributed by atoms with van der Waals surface area (Å²) >= 11 is 0. The molecule has 7 heteroatoms. The summed E-state index contributed by atoms with van der Waals surface area (Å²) in [5, 5.41) is 7.06. The molecule has 6 nitrogen and oxygen atoms in total. The molecule has 29 heavy (non-hydrogen) atoms. The molecule has 1 atom stereocenters. The highest BCUT2D eigenvalue weighted by atomic mass is 127. The average molecular weight is 518 g/mol. The lowest BCUT2D eigenvalue weighted by atomic mass is 9.93. The third-order valence-corrected chi connectivity index (χ3v) is 5.23. The number of aliphatic imine (C=N–C) groups is 1. The van der Waals surface area contributed by atoms with Crippen molar-refractivity contribution in [3.8, 4) is 5.75 Å². The van der Waals surface area contributed by atoms with Crippen molar-refractivity contribution in [2.45, 2.75) is 32.7 Å². The van der Waals surface area contributed by atoms with Crippen LogP contribution in [0.5, 0.6) is 5.75 Å². The first-order chi connectivity index (χ1) is 13.3. The fourth-order valence-corrected chi connectivity index (χ4v) is 4.01. The Labute approximate surface area is 194 Å². The van der Waals surface area contributed by atoms with Crippen LogP contribution in [0.4, 0.5) is 0 Å². The highest BCUT2D eigenvalue weighted by Crippen LogP contribution is 2.27. The first kappa shape index (κ1) is 26.0. The Morgan fingerprint density at radius 2 is 1.93 bits per heavy atom. The van der Waals surface area contributed by atoms with E-state index in [1.165, 1.54) is 18.4 Å². The van der Waals surface area contributed by atoms with E-state index in [1.54, 1.807) is 7.11 Å². The SMILES string of the molecule is CN=C(NCC(c1cccc(OC)c1)N1CCCC1)NCC(C)(C)CN(C)C.I. The molecule has 0 saturated carbocycles. The molecule has 0 aliphatic carbocycles. The lowest BCUT2D eigenvalue weighted by molar-refractivity contribution is 0.237. The summed E-state index contributed by atoms with van der Waals surface area (Å²) in [6.07, 6.45) is 2.54. The predicted octanol–water partition coefficient (Wildman–Crippen LogP) is 3.20. The predicted molar refractivity (Wildman–Crippen MR) is 134 cm³/mol. The maximum Gasteiger partial charge on any atom is 0.191 e. The van der Waals surface area contributed by atoms with Gasteiger partial charge in [-0.2, -0.15) is 0 Å². The maximum atomic E-state index is 5.44. The molecular formula is C22H40IN5O. The summed E-state index contributed by atoms with van der Waals surface area (Å²) in [5.41, 5.74) is 1.46. The molecule has 166 valence electrons. The fraction of sp³-hybridized carbons (Fsp3) is 0.682. The number of ether oxygens (including phenoxy) is 1. The van der Waals surface area contributed by atoms with Gasteiger partial charge in [-0.25, -0.2) is 0 Å². The largest absolute Gasteiger partial charge is 0.497 e. The van der Waals surface area contributed by atoms with Crippen LogP contribution in [-0.2, 0) is 0 Å². The molecule has 2 rings (SSSR count). The van der Waals surface area contributed by atoms with Gasteiger partial charge in [0, 0.05) is 26.7 Å². The molecule has 0 spiro atoms. The molecule has 0 bridgehead atoms. The topological polar surface area (TPSA) is 52.1 Å². The molecule has 1 aromatic carbocycles. The third-order valence-electron chi connectivity index (χ3n) is 5.23. The van der Waals surface area contributed by atoms with E-state index in [4.69, 9.17) is 4.74 Å². The number of guanidine groups is 1. The Hall–Kier alpha value is -1.06. The number of benzene rings is 1. The Morgan fingerprint density at radius 3 is 2.52 bits per heavy atom. The zero-order valence-electron chi connectivity index (χ0n) is 19.0. The monoisotopic (exact) mass is 517 g/mol. The van der Waals surface area contributed by atoms with Gasteiger partial charge in [-0.05, 0) is 63.1 Å². The van der Waals surface area contributed by atoms with Crippen molar-refractivity contribution in [3.05, 3.63) is 29.8 Å². The number of rotatable bonds is 9. The zero-order chi connectivity index (χ0) is 20.6. The van der Waals surface area contributed by atoms with Crippen LogP contribution >= 0.6 is 24.0 Å². The van der Waals surface area contributed by atoms with Gasteiger partial charge in [0.25, 0.3) is 0 Å². The van der Waals surface area contributed by atoms with Crippen LogP contribution in [0.1, 0.15) is 38.3 Å². The lowest BCUT2D eigenvalue weighted by Gasteiger charge is -2.31. The molecule has 1 unspecified atom stereocenters. The number of nitrogens with zero attached hydrogens (tertiary/aromatic N) is 3. The smallest absolute Gasteiger partial charge is 0.191 e. The minimum Gasteiger partial charge on any atom is -0.497 e. The van der Waals surface area contributed by atoms with E-state index < -0.39 is 0 Å². The van der Waals surface area contributed by atoms with Gasteiger partial charge in [-0.1, -0.05) is 26.0 Å². The van der Waals surface area contributed by atoms with Crippen molar-refractivity contribution in [2.75, 3.05) is 61.0 Å². The number of nitrogens with one attached hydrogen (secondary N) is 2. The Kier molecular flexibility index (Phi) is 11.3. The molecule has 0 radical (unpaired) electrons. The second-order valence-electron chi connectivity index (χ2n) is 8.74. The molecule has 0 aromatic heterocycles. The van der Waals surface area contributed by atoms with E-state index in [9.17, 15) is 0 Å². The summed E-state index contributed by atoms with van der Waals surface area (Å²) in [7, 11) is 7.79. The van der Waals surface area contributed by atoms with E-state index >= 15 is 0 Å². The van der Waals surface area contributed by atoms with E-state index in [0.29, 0.717) is 6.04 Å². The van der Waals surface area contributed by atoms with E-state index in [0.717, 1.165) is 44.4 Å². The van der Waals surface area contributed by atoms with Gasteiger partial charge in [-0.15, -0.1) is 24.0 Å². The molecule has 2 N–H and O–H groups in total. The van der Waals surface area contributed by atoms with Crippen molar-refractivity contribution < 1.29 is 4.74 Å². The Morgan fingerprint density at radius 1 is 1.24 bits per heavy atom. The van der Waals surface area contributed by atoms with Crippen molar-refractivity contribution in [1.29, 1.82) is 0 Å². The minimum atomic E-state index is 0. The van der Waals surface area contributed by atoms with E-state index in [2.05, 4.69) is 71.6 Å². The second-order valence-corrected chi connectivity index (χ2v) is 8.74. The summed E-state index contributed by atoms with van der Waals surface area (Å²) < 4.78 is 5.44. The molecule has 1 aliphatic heterocycles. The van der Waals surface area contributed by atoms with E-state index in [-0.39, 0.29) is 29.4 Å². The van der Waals surface area contributed by atoms with Crippen LogP contribution in [0.2, 0.25) is 0 Å². The summed E-state index contributed by atoms with van der Waals surface area (Å²) in [5.74, 6) is 1.77. The number of likely N-dealkylation sites (tertiary alicyclic amines) is 1. The van der Waals surface area contributed by atoms with Crippen LogP contribution in [0.15, 0.2) is 29.3 Å². The number of halogens is 1. The van der Waals surface area contributed by atoms with Gasteiger partial charge >= 0.3 is 0 Å². The van der Waals surface area contributed by atoms with Gasteiger partial charge in [-0.3, -0.25) is 9.89 Å². The molecular weight excluding hydrogens is 477 g/mol. The maximum absolute atomic E-state index is 5.44. The van der Waals surface area contributed by atoms with Gasteiger partial charge in [0.05, 0.1) is 13.2 Å². The standard InChI is InChI=1S/C22H39N5O.HI/c1-22(2,17-26(4)5)16-25-21(23-3)24-15-20(27-12-7-8-13-27)18-10-9-11-19(14-18)28-6;/h9-11,14,20H,7-8,12-13,15-17H2,1-6H3,(H2,23,24,25);1H. The minimum absolute atomic E-state index is 0. The summed E-state index contributed by atoms with van der Waals surface area (Å²) in [4.78, 5) is 9.22. The molecule has 1 saturated heterocycles. The van der Waals surface area contributed by atoms with Gasteiger partial charge in [0.15, 0.2) is 5.96 Å². The van der Waals surface area contributed by atoms with Crippen molar-refractivity contribution >= 4 is 29.9 Å². The van der Waals surface area contributed by atoms with Crippen molar-refractivity contribution in [1.82, 2.24) is 20.4 Å². The number of methoxy groups -OCH3 is 1. The lowest BCUT2D eigenvalue weighted by Crippen LogP contribution is -2.47. The second kappa shape index (κ2) is 12.6. The van der Waals surface area contributed by atoms with Crippen LogP contribution < -0.4 is 15.4 Å². The first-order valence-electron chi connectivity index (χ1n) is 10.3. The fourth-order valence-electron chi connectivity index (χ4n) is 4.01. The van der Waals surface area contributed by atoms with E-state index in [1.807, 2.05) is 13.1 Å². The van der Waals surface area contributed by atoms with Gasteiger partial charge in [0.2, 0.25) is 0 Å². The van der Waals surface area contributed by atoms with Crippen LogP contribution in [0, 0.1) is 5.41 Å². The highest BCUT2D eigenvalue weighted by Gasteiger charge is 2.24. The number of hydrogen-bond acceptors (Lipinski definition) is 4. The van der Waals surface area contributed by atoms with Crippen LogP contribution in [-0.4, -0.2) is 76.7 Å². The summed E-state index contributed by atoms with van der Waals surface area (Å²) in [6, 6.07) is 8.75. The van der Waals surface area contributed by atoms with Gasteiger partial charge < -0.3 is 20.3 Å². The third kappa shape index (κ3) is 8.68. The van der Waals surface area contributed by atoms with Crippen LogP contribution in [0.25, 0.3) is 0 Å². The average Bonchev–Trinajstić information content (AvgIpc) is 3.18. The summed E-state index contributed by atoms with van der Waals surface area (Å²) in [6.45, 7) is 9.56. The van der Waals surface area contributed by atoms with Crippen LogP contribution in [0.3, 0.4) is 0 Å². The first-order valence-corrected chi connectivity index (χ1v) is 10.3. The molecule has 1 aromatic rings. The van der Waals surface area contributed by atoms with Crippen molar-refractivity contribution in [3.63, 3.8) is 0 Å². The Balaban J connectivity index is 0.00000420. The Bertz CT molecular complexity index is 629. The zero-order valence-corrected chi connectivity index (χ0v) is 21.3. The molecule has 0 amide bonds. The van der Waals surface area contributed by atoms with Gasteiger partial charge in [0.1, 0.15) is 5.75 Å². The highest BCUT2D eigenvalue weighted by molar-refractivity contribution is 14.0. The molecule has 1 fully saturated rings. The molecule has 1 aliphatic rings. The number of hydrogen-bond donors (Lipinski definition) is 2. The van der Waals surface area contributed by atoms with Crippen molar-refractivity contribution in [2.24, 2.45) is 10.4 Å². The molecule has 1 heterocycles.